The summed E-state index contributed by atoms with van der Waals surface area (Å²) < 4.78 is 4.59. The Kier molecular flexibility index (Phi) is 6.44. The predicted molar refractivity (Wildman–Crippen MR) is 71.2 cm³/mol. The predicted octanol–water partition coefficient (Wildman–Crippen LogP) is 0.884. The second-order valence-corrected chi connectivity index (χ2v) is 5.18. The van der Waals surface area contributed by atoms with E-state index in [0.717, 1.165) is 19.3 Å². The summed E-state index contributed by atoms with van der Waals surface area (Å²) in [7, 11) is 0. The second kappa shape index (κ2) is 7.84. The first-order valence-electron chi connectivity index (χ1n) is 6.85. The van der Waals surface area contributed by atoms with Crippen molar-refractivity contribution in [2.24, 2.45) is 5.41 Å². The number of nitrogens with one attached hydrogen (secondary N) is 2. The van der Waals surface area contributed by atoms with E-state index < -0.39 is 31.1 Å². The Hall–Kier alpha value is -1.63. The van der Waals surface area contributed by atoms with Crippen LogP contribution >= 0.6 is 0 Å². The van der Waals surface area contributed by atoms with Gasteiger partial charge in [0.05, 0.1) is 0 Å². The summed E-state index contributed by atoms with van der Waals surface area (Å²) in [5, 5.41) is 13.1. The van der Waals surface area contributed by atoms with Crippen molar-refractivity contribution in [3.05, 3.63) is 0 Å². The molecule has 1 aliphatic carbocycles. The number of carboxylic acid groups (broad SMARTS) is 1. The van der Waals surface area contributed by atoms with Gasteiger partial charge in [0.1, 0.15) is 13.2 Å². The maximum absolute atomic E-state index is 11.6. The number of urea groups is 1. The van der Waals surface area contributed by atoms with Crippen molar-refractivity contribution in [2.45, 2.75) is 39.0 Å². The summed E-state index contributed by atoms with van der Waals surface area (Å²) in [5.41, 5.74) is 0.153. The van der Waals surface area contributed by atoms with Crippen LogP contribution in [0.15, 0.2) is 0 Å². The summed E-state index contributed by atoms with van der Waals surface area (Å²) >= 11 is 0. The van der Waals surface area contributed by atoms with Gasteiger partial charge in [0.25, 0.3) is 5.91 Å². The maximum atomic E-state index is 11.6. The number of hydrogen-bond donors (Lipinski definition) is 3. The molecule has 1 rings (SSSR count). The van der Waals surface area contributed by atoms with Crippen LogP contribution in [0, 0.1) is 5.41 Å². The van der Waals surface area contributed by atoms with Crippen LogP contribution < -0.4 is 10.6 Å². The molecule has 0 aromatic rings. The Labute approximate surface area is 118 Å². The van der Waals surface area contributed by atoms with Gasteiger partial charge in [-0.15, -0.1) is 0 Å². The Morgan fingerprint density at radius 1 is 1.20 bits per heavy atom. The molecule has 0 atom stereocenters. The molecule has 0 aliphatic heterocycles. The average Bonchev–Trinajstić information content (AvgIpc) is 2.85. The van der Waals surface area contributed by atoms with E-state index in [2.05, 4.69) is 22.3 Å². The van der Waals surface area contributed by atoms with Gasteiger partial charge in [0.15, 0.2) is 0 Å². The highest BCUT2D eigenvalue weighted by Gasteiger charge is 2.32. The first-order chi connectivity index (χ1) is 9.47. The van der Waals surface area contributed by atoms with Gasteiger partial charge in [-0.3, -0.25) is 10.1 Å². The lowest BCUT2D eigenvalue weighted by Gasteiger charge is -2.27. The zero-order valence-corrected chi connectivity index (χ0v) is 11.7. The van der Waals surface area contributed by atoms with Gasteiger partial charge in [-0.25, -0.2) is 9.59 Å². The van der Waals surface area contributed by atoms with E-state index >= 15 is 0 Å². The van der Waals surface area contributed by atoms with Gasteiger partial charge in [-0.2, -0.15) is 0 Å². The molecule has 7 heteroatoms. The number of carbonyl (C=O) groups is 3. The van der Waals surface area contributed by atoms with Gasteiger partial charge in [-0.05, 0) is 24.7 Å². The lowest BCUT2D eigenvalue weighted by molar-refractivity contribution is -0.143. The summed E-state index contributed by atoms with van der Waals surface area (Å²) in [4.78, 5) is 33.0. The molecule has 1 fully saturated rings. The van der Waals surface area contributed by atoms with Crippen molar-refractivity contribution in [3.63, 3.8) is 0 Å². The van der Waals surface area contributed by atoms with Crippen LogP contribution in [0.3, 0.4) is 0 Å². The zero-order valence-electron chi connectivity index (χ0n) is 11.7. The van der Waals surface area contributed by atoms with Crippen LogP contribution in [0.4, 0.5) is 4.79 Å². The summed E-state index contributed by atoms with van der Waals surface area (Å²) in [6, 6.07) is -0.561. The van der Waals surface area contributed by atoms with Crippen LogP contribution in [0.2, 0.25) is 0 Å². The monoisotopic (exact) mass is 286 g/mol. The quantitative estimate of drug-likeness (QED) is 0.644. The van der Waals surface area contributed by atoms with Gasteiger partial charge in [0.2, 0.25) is 0 Å². The number of ether oxygens (including phenoxy) is 1. The highest BCUT2D eigenvalue weighted by molar-refractivity contribution is 5.94. The molecule has 1 aliphatic rings. The number of rotatable bonds is 7. The fourth-order valence-electron chi connectivity index (χ4n) is 2.49. The summed E-state index contributed by atoms with van der Waals surface area (Å²) in [5.74, 6) is -1.81. The molecular formula is C13H22N2O5. The maximum Gasteiger partial charge on any atom is 0.329 e. The minimum atomic E-state index is -1.16. The highest BCUT2D eigenvalue weighted by Crippen LogP contribution is 2.40. The molecule has 1 saturated carbocycles. The molecule has 0 radical (unpaired) electrons. The molecule has 7 nitrogen and oxygen atoms in total. The zero-order chi connectivity index (χ0) is 15.0. The van der Waals surface area contributed by atoms with Crippen molar-refractivity contribution in [2.75, 3.05) is 19.8 Å². The Balaban J connectivity index is 2.22. The van der Waals surface area contributed by atoms with Crippen LogP contribution in [0.5, 0.6) is 0 Å². The average molecular weight is 286 g/mol. The van der Waals surface area contributed by atoms with Crippen molar-refractivity contribution < 1.29 is 24.2 Å². The summed E-state index contributed by atoms with van der Waals surface area (Å²) in [6.45, 7) is 1.65. The molecule has 0 saturated heterocycles. The second-order valence-electron chi connectivity index (χ2n) is 5.18. The van der Waals surface area contributed by atoms with Crippen LogP contribution in [-0.4, -0.2) is 42.8 Å². The van der Waals surface area contributed by atoms with E-state index in [-0.39, 0.29) is 5.41 Å². The lowest BCUT2D eigenvalue weighted by Crippen LogP contribution is -2.45. The number of carboxylic acids is 1. The van der Waals surface area contributed by atoms with Gasteiger partial charge in [0, 0.05) is 6.54 Å². The third-order valence-electron chi connectivity index (χ3n) is 3.75. The standard InChI is InChI=1S/C13H22N2O5/c1-2-13(5-3-4-6-13)9-14-12(19)15-10(16)7-20-8-11(17)18/h2-9H2,1H3,(H,17,18)(H2,14,15,16,19). The highest BCUT2D eigenvalue weighted by atomic mass is 16.5. The SMILES string of the molecule is CCC1(CNC(=O)NC(=O)COCC(=O)O)CCCC1. The molecule has 3 N–H and O–H groups in total. The van der Waals surface area contributed by atoms with Gasteiger partial charge >= 0.3 is 12.0 Å². The molecule has 0 aromatic heterocycles. The molecular weight excluding hydrogens is 264 g/mol. The van der Waals surface area contributed by atoms with E-state index in [9.17, 15) is 14.4 Å². The third-order valence-corrected chi connectivity index (χ3v) is 3.75. The van der Waals surface area contributed by atoms with Gasteiger partial charge < -0.3 is 15.2 Å². The third kappa shape index (κ3) is 5.56. The minimum absolute atomic E-state index is 0.153. The van der Waals surface area contributed by atoms with E-state index in [4.69, 9.17) is 5.11 Å². The molecule has 0 heterocycles. The van der Waals surface area contributed by atoms with Crippen LogP contribution in [0.1, 0.15) is 39.0 Å². The lowest BCUT2D eigenvalue weighted by atomic mass is 9.83. The fraction of sp³-hybridized carbons (Fsp3) is 0.769. The van der Waals surface area contributed by atoms with Gasteiger partial charge in [-0.1, -0.05) is 19.8 Å². The molecule has 20 heavy (non-hydrogen) atoms. The fourth-order valence-corrected chi connectivity index (χ4v) is 2.49. The minimum Gasteiger partial charge on any atom is -0.480 e. The molecule has 0 aromatic carbocycles. The smallest absolute Gasteiger partial charge is 0.329 e. The number of amides is 3. The van der Waals surface area contributed by atoms with Crippen molar-refractivity contribution >= 4 is 17.9 Å². The molecule has 3 amide bonds. The first-order valence-corrected chi connectivity index (χ1v) is 6.85. The number of aliphatic carboxylic acids is 1. The molecule has 0 unspecified atom stereocenters. The number of carbonyl (C=O) groups excluding carboxylic acids is 2. The molecule has 114 valence electrons. The number of hydrogen-bond acceptors (Lipinski definition) is 4. The van der Waals surface area contributed by atoms with E-state index in [1.165, 1.54) is 12.8 Å². The number of imide groups is 1. The van der Waals surface area contributed by atoms with Crippen LogP contribution in [-0.2, 0) is 14.3 Å². The summed E-state index contributed by atoms with van der Waals surface area (Å²) in [6.07, 6.45) is 5.56. The topological polar surface area (TPSA) is 105 Å². The van der Waals surface area contributed by atoms with E-state index in [1.807, 2.05) is 0 Å². The Morgan fingerprint density at radius 3 is 2.40 bits per heavy atom. The van der Waals surface area contributed by atoms with Crippen LogP contribution in [0.25, 0.3) is 0 Å². The Morgan fingerprint density at radius 2 is 1.85 bits per heavy atom. The normalized spacial score (nSPS) is 16.6. The Bertz CT molecular complexity index is 364. The first kappa shape index (κ1) is 16.4. The molecule has 0 bridgehead atoms. The van der Waals surface area contributed by atoms with Crippen molar-refractivity contribution in [1.29, 1.82) is 0 Å². The van der Waals surface area contributed by atoms with E-state index in [1.54, 1.807) is 0 Å². The largest absolute Gasteiger partial charge is 0.480 e. The van der Waals surface area contributed by atoms with E-state index in [0.29, 0.717) is 6.54 Å². The molecule has 0 spiro atoms. The van der Waals surface area contributed by atoms with Crippen molar-refractivity contribution in [3.8, 4) is 0 Å². The van der Waals surface area contributed by atoms with Crippen molar-refractivity contribution in [1.82, 2.24) is 10.6 Å².